The van der Waals surface area contributed by atoms with Crippen molar-refractivity contribution >= 4 is 11.9 Å². The van der Waals surface area contributed by atoms with E-state index in [1.807, 2.05) is 43.9 Å². The number of rotatable bonds is 6. The molecule has 0 aliphatic rings. The molecule has 22 heavy (non-hydrogen) atoms. The molecule has 120 valence electrons. The molecule has 0 fully saturated rings. The van der Waals surface area contributed by atoms with Crippen LogP contribution >= 0.6 is 0 Å². The van der Waals surface area contributed by atoms with E-state index in [1.54, 1.807) is 24.1 Å². The third kappa shape index (κ3) is 3.28. The van der Waals surface area contributed by atoms with Gasteiger partial charge >= 0.3 is 0 Å². The van der Waals surface area contributed by atoms with Crippen LogP contribution in [0.1, 0.15) is 17.3 Å². The zero-order valence-corrected chi connectivity index (χ0v) is 13.7. The number of carbonyl (C=O) groups is 1. The Morgan fingerprint density at radius 1 is 1.36 bits per heavy atom. The van der Waals surface area contributed by atoms with Crippen LogP contribution in [-0.4, -0.2) is 46.4 Å². The minimum absolute atomic E-state index is 0.0943. The number of likely N-dealkylation sites (N-methyl/N-ethyl adjacent to an activating group) is 1. The van der Waals surface area contributed by atoms with Gasteiger partial charge in [-0.3, -0.25) is 9.48 Å². The van der Waals surface area contributed by atoms with Crippen LogP contribution in [0.2, 0.25) is 0 Å². The summed E-state index contributed by atoms with van der Waals surface area (Å²) in [5.74, 6) is 0.754. The van der Waals surface area contributed by atoms with Crippen LogP contribution in [0.3, 0.4) is 0 Å². The number of aromatic nitrogens is 4. The monoisotopic (exact) mass is 305 g/mol. The third-order valence-electron chi connectivity index (χ3n) is 3.51. The highest BCUT2D eigenvalue weighted by atomic mass is 16.2. The molecule has 2 aromatic rings. The van der Waals surface area contributed by atoms with Crippen molar-refractivity contribution in [2.24, 2.45) is 14.1 Å². The van der Waals surface area contributed by atoms with Gasteiger partial charge < -0.3 is 20.1 Å². The van der Waals surface area contributed by atoms with Gasteiger partial charge in [-0.05, 0) is 7.05 Å². The molecule has 0 bridgehead atoms. The van der Waals surface area contributed by atoms with Crippen LogP contribution < -0.4 is 15.5 Å². The Kier molecular flexibility index (Phi) is 4.81. The summed E-state index contributed by atoms with van der Waals surface area (Å²) in [5.41, 5.74) is 1.78. The fourth-order valence-electron chi connectivity index (χ4n) is 2.33. The molecular weight excluding hydrogens is 282 g/mol. The molecule has 2 rings (SSSR count). The summed E-state index contributed by atoms with van der Waals surface area (Å²) in [7, 11) is 9.38. The fourth-order valence-corrected chi connectivity index (χ4v) is 2.33. The lowest BCUT2D eigenvalue weighted by Crippen LogP contribution is -2.35. The lowest BCUT2D eigenvalue weighted by atomic mass is 10.1. The first-order chi connectivity index (χ1) is 10.4. The standard InChI is InChI=1S/C14H23N7O/c1-15-12(10-6-18-20(4)9-10)13(22)16-7-11-8-17-14(19(2)3)21(11)5/h6,8-9,12,15H,7H2,1-5H3,(H,16,22). The third-order valence-corrected chi connectivity index (χ3v) is 3.51. The number of nitrogens with one attached hydrogen (secondary N) is 2. The van der Waals surface area contributed by atoms with Crippen molar-refractivity contribution in [2.75, 3.05) is 26.0 Å². The summed E-state index contributed by atoms with van der Waals surface area (Å²) >= 11 is 0. The van der Waals surface area contributed by atoms with Crippen molar-refractivity contribution in [1.82, 2.24) is 30.0 Å². The Morgan fingerprint density at radius 3 is 2.59 bits per heavy atom. The van der Waals surface area contributed by atoms with E-state index in [9.17, 15) is 4.79 Å². The molecule has 0 aliphatic heterocycles. The Labute approximate surface area is 130 Å². The van der Waals surface area contributed by atoms with E-state index < -0.39 is 6.04 Å². The molecule has 0 saturated heterocycles. The van der Waals surface area contributed by atoms with Gasteiger partial charge in [0.25, 0.3) is 0 Å². The Morgan fingerprint density at radius 2 is 2.09 bits per heavy atom. The molecule has 8 nitrogen and oxygen atoms in total. The van der Waals surface area contributed by atoms with Gasteiger partial charge in [-0.25, -0.2) is 4.98 Å². The number of imidazole rings is 1. The molecule has 0 radical (unpaired) electrons. The Hall–Kier alpha value is -2.35. The molecule has 0 spiro atoms. The van der Waals surface area contributed by atoms with Crippen molar-refractivity contribution in [3.05, 3.63) is 29.8 Å². The van der Waals surface area contributed by atoms with Gasteiger partial charge in [-0.2, -0.15) is 5.10 Å². The zero-order chi connectivity index (χ0) is 16.3. The second-order valence-corrected chi connectivity index (χ2v) is 5.39. The maximum absolute atomic E-state index is 12.4. The first-order valence-electron chi connectivity index (χ1n) is 7.05. The van der Waals surface area contributed by atoms with Crippen LogP contribution in [0.25, 0.3) is 0 Å². The minimum Gasteiger partial charge on any atom is -0.349 e. The van der Waals surface area contributed by atoms with Crippen molar-refractivity contribution < 1.29 is 4.79 Å². The maximum Gasteiger partial charge on any atom is 0.242 e. The second-order valence-electron chi connectivity index (χ2n) is 5.39. The van der Waals surface area contributed by atoms with E-state index >= 15 is 0 Å². The van der Waals surface area contributed by atoms with E-state index in [4.69, 9.17) is 0 Å². The number of amides is 1. The van der Waals surface area contributed by atoms with Crippen molar-refractivity contribution in [3.63, 3.8) is 0 Å². The normalized spacial score (nSPS) is 12.2. The van der Waals surface area contributed by atoms with Gasteiger partial charge in [0, 0.05) is 40.0 Å². The molecular formula is C14H23N7O. The predicted octanol–water partition coefficient (Wildman–Crippen LogP) is -0.203. The SMILES string of the molecule is CNC(C(=O)NCc1cnc(N(C)C)n1C)c1cnn(C)c1. The highest BCUT2D eigenvalue weighted by Gasteiger charge is 2.20. The largest absolute Gasteiger partial charge is 0.349 e. The maximum atomic E-state index is 12.4. The lowest BCUT2D eigenvalue weighted by molar-refractivity contribution is -0.123. The molecule has 8 heteroatoms. The van der Waals surface area contributed by atoms with Gasteiger partial charge in [0.05, 0.1) is 24.6 Å². The number of carbonyl (C=O) groups excluding carboxylic acids is 1. The summed E-state index contributed by atoms with van der Waals surface area (Å²) in [5, 5.41) is 10.0. The molecule has 1 unspecified atom stereocenters. The van der Waals surface area contributed by atoms with E-state index in [-0.39, 0.29) is 5.91 Å². The second kappa shape index (κ2) is 6.61. The quantitative estimate of drug-likeness (QED) is 0.772. The van der Waals surface area contributed by atoms with Gasteiger partial charge in [0.1, 0.15) is 6.04 Å². The Bertz CT molecular complexity index is 643. The number of anilines is 1. The topological polar surface area (TPSA) is 80.0 Å². The summed E-state index contributed by atoms with van der Waals surface area (Å²) in [6.07, 6.45) is 5.29. The number of hydrogen-bond acceptors (Lipinski definition) is 5. The van der Waals surface area contributed by atoms with Crippen LogP contribution in [0.4, 0.5) is 5.95 Å². The van der Waals surface area contributed by atoms with Gasteiger partial charge in [-0.15, -0.1) is 0 Å². The van der Waals surface area contributed by atoms with Crippen LogP contribution in [0.15, 0.2) is 18.6 Å². The van der Waals surface area contributed by atoms with Gasteiger partial charge in [-0.1, -0.05) is 0 Å². The summed E-state index contributed by atoms with van der Waals surface area (Å²) in [6.45, 7) is 0.425. The van der Waals surface area contributed by atoms with E-state index in [0.717, 1.165) is 17.2 Å². The lowest BCUT2D eigenvalue weighted by Gasteiger charge is -2.16. The molecule has 2 heterocycles. The molecule has 0 aliphatic carbocycles. The molecule has 1 atom stereocenters. The summed E-state index contributed by atoms with van der Waals surface area (Å²) < 4.78 is 3.64. The number of hydrogen-bond donors (Lipinski definition) is 2. The minimum atomic E-state index is -0.421. The number of aryl methyl sites for hydroxylation is 1. The molecule has 2 N–H and O–H groups in total. The molecule has 0 saturated carbocycles. The highest BCUT2D eigenvalue weighted by molar-refractivity contribution is 5.82. The van der Waals surface area contributed by atoms with Crippen molar-refractivity contribution in [1.29, 1.82) is 0 Å². The molecule has 2 aromatic heterocycles. The fraction of sp³-hybridized carbons (Fsp3) is 0.500. The smallest absolute Gasteiger partial charge is 0.242 e. The van der Waals surface area contributed by atoms with E-state index in [0.29, 0.717) is 6.54 Å². The van der Waals surface area contributed by atoms with Crippen LogP contribution in [-0.2, 0) is 25.4 Å². The first-order valence-corrected chi connectivity index (χ1v) is 7.05. The van der Waals surface area contributed by atoms with Gasteiger partial charge in [0.2, 0.25) is 11.9 Å². The van der Waals surface area contributed by atoms with E-state index in [1.165, 1.54) is 0 Å². The molecule has 1 amide bonds. The average molecular weight is 305 g/mol. The number of nitrogens with zero attached hydrogens (tertiary/aromatic N) is 5. The zero-order valence-electron chi connectivity index (χ0n) is 13.7. The summed E-state index contributed by atoms with van der Waals surface area (Å²) in [6, 6.07) is -0.421. The van der Waals surface area contributed by atoms with Crippen LogP contribution in [0.5, 0.6) is 0 Å². The molecule has 0 aromatic carbocycles. The van der Waals surface area contributed by atoms with E-state index in [2.05, 4.69) is 20.7 Å². The first kappa shape index (κ1) is 16.0. The Balaban J connectivity index is 2.02. The predicted molar refractivity (Wildman–Crippen MR) is 84.4 cm³/mol. The van der Waals surface area contributed by atoms with Crippen LogP contribution in [0, 0.1) is 0 Å². The van der Waals surface area contributed by atoms with Crippen molar-refractivity contribution in [3.8, 4) is 0 Å². The average Bonchev–Trinajstić information content (AvgIpc) is 3.04. The summed E-state index contributed by atoms with van der Waals surface area (Å²) in [4.78, 5) is 18.6. The van der Waals surface area contributed by atoms with Gasteiger partial charge in [0.15, 0.2) is 0 Å². The van der Waals surface area contributed by atoms with Crippen molar-refractivity contribution in [2.45, 2.75) is 12.6 Å². The highest BCUT2D eigenvalue weighted by Crippen LogP contribution is 2.13.